The average Bonchev–Trinajstić information content (AvgIpc) is 3.19. The highest BCUT2D eigenvalue weighted by atomic mass is 35.5. The Bertz CT molecular complexity index is 475. The third-order valence-corrected chi connectivity index (χ3v) is 3.11. The Morgan fingerprint density at radius 2 is 2.21 bits per heavy atom. The Kier molecular flexibility index (Phi) is 4.74. The van der Waals surface area contributed by atoms with Crippen molar-refractivity contribution < 1.29 is 9.59 Å². The second kappa shape index (κ2) is 6.52. The topological polar surface area (TPSA) is 71.1 Å². The molecule has 1 aromatic rings. The van der Waals surface area contributed by atoms with E-state index in [9.17, 15) is 9.59 Å². The van der Waals surface area contributed by atoms with E-state index in [0.29, 0.717) is 31.0 Å². The lowest BCUT2D eigenvalue weighted by Crippen LogP contribution is -2.28. The van der Waals surface area contributed by atoms with E-state index in [1.54, 1.807) is 12.1 Å². The monoisotopic (exact) mass is 281 g/mol. The van der Waals surface area contributed by atoms with Gasteiger partial charge in [-0.3, -0.25) is 9.59 Å². The van der Waals surface area contributed by atoms with Gasteiger partial charge in [-0.15, -0.1) is 0 Å². The van der Waals surface area contributed by atoms with Crippen LogP contribution in [0.2, 0.25) is 5.15 Å². The number of carbonyl (C=O) groups is 2. The maximum atomic E-state index is 11.8. The molecule has 0 aliphatic heterocycles. The standard InChI is InChI=1S/C13H16ClN3O2/c14-12-10(3-1-7-15-12)13(19)16-8-2-4-11(18)17-9-5-6-9/h1,3,7,9H,2,4-6,8H2,(H,16,19)(H,17,18). The fourth-order valence-corrected chi connectivity index (χ4v) is 1.83. The molecule has 0 radical (unpaired) electrons. The van der Waals surface area contributed by atoms with Gasteiger partial charge in [-0.25, -0.2) is 4.98 Å². The van der Waals surface area contributed by atoms with Crippen LogP contribution in [-0.4, -0.2) is 29.4 Å². The Morgan fingerprint density at radius 1 is 1.42 bits per heavy atom. The third kappa shape index (κ3) is 4.52. The number of aromatic nitrogens is 1. The van der Waals surface area contributed by atoms with Crippen molar-refractivity contribution in [2.45, 2.75) is 31.7 Å². The van der Waals surface area contributed by atoms with Crippen molar-refractivity contribution in [2.24, 2.45) is 0 Å². The van der Waals surface area contributed by atoms with Crippen LogP contribution in [0, 0.1) is 0 Å². The van der Waals surface area contributed by atoms with Gasteiger partial charge in [0, 0.05) is 25.2 Å². The van der Waals surface area contributed by atoms with Crippen molar-refractivity contribution in [1.82, 2.24) is 15.6 Å². The lowest BCUT2D eigenvalue weighted by atomic mass is 10.2. The normalized spacial score (nSPS) is 13.9. The van der Waals surface area contributed by atoms with Crippen molar-refractivity contribution in [2.75, 3.05) is 6.54 Å². The average molecular weight is 282 g/mol. The van der Waals surface area contributed by atoms with Crippen molar-refractivity contribution in [1.29, 1.82) is 0 Å². The summed E-state index contributed by atoms with van der Waals surface area (Å²) in [7, 11) is 0. The van der Waals surface area contributed by atoms with Gasteiger partial charge in [0.05, 0.1) is 5.56 Å². The molecule has 19 heavy (non-hydrogen) atoms. The molecular weight excluding hydrogens is 266 g/mol. The summed E-state index contributed by atoms with van der Waals surface area (Å²) in [5.74, 6) is -0.211. The number of nitrogens with one attached hydrogen (secondary N) is 2. The van der Waals surface area contributed by atoms with E-state index in [-0.39, 0.29) is 17.0 Å². The summed E-state index contributed by atoms with van der Waals surface area (Å²) in [4.78, 5) is 27.0. The molecule has 1 saturated carbocycles. The largest absolute Gasteiger partial charge is 0.353 e. The number of carbonyl (C=O) groups excluding carboxylic acids is 2. The molecule has 2 N–H and O–H groups in total. The molecule has 0 saturated heterocycles. The predicted molar refractivity (Wildman–Crippen MR) is 72.0 cm³/mol. The molecule has 1 aliphatic rings. The molecule has 2 rings (SSSR count). The number of pyridine rings is 1. The van der Waals surface area contributed by atoms with Gasteiger partial charge in [0.25, 0.3) is 5.91 Å². The van der Waals surface area contributed by atoms with Gasteiger partial charge in [0.1, 0.15) is 5.15 Å². The minimum Gasteiger partial charge on any atom is -0.353 e. The predicted octanol–water partition coefficient (Wildman–Crippen LogP) is 1.52. The lowest BCUT2D eigenvalue weighted by molar-refractivity contribution is -0.121. The number of halogens is 1. The summed E-state index contributed by atoms with van der Waals surface area (Å²) in [5, 5.41) is 5.81. The molecule has 1 aromatic heterocycles. The Morgan fingerprint density at radius 3 is 2.89 bits per heavy atom. The molecular formula is C13H16ClN3O2. The fraction of sp³-hybridized carbons (Fsp3) is 0.462. The lowest BCUT2D eigenvalue weighted by Gasteiger charge is -2.06. The van der Waals surface area contributed by atoms with E-state index < -0.39 is 0 Å². The van der Waals surface area contributed by atoms with E-state index in [1.807, 2.05) is 0 Å². The first-order valence-corrected chi connectivity index (χ1v) is 6.72. The first-order valence-electron chi connectivity index (χ1n) is 6.35. The third-order valence-electron chi connectivity index (χ3n) is 2.81. The molecule has 0 aromatic carbocycles. The second-order valence-corrected chi connectivity index (χ2v) is 4.90. The van der Waals surface area contributed by atoms with Crippen LogP contribution in [-0.2, 0) is 4.79 Å². The zero-order chi connectivity index (χ0) is 13.7. The Balaban J connectivity index is 1.66. The Labute approximate surface area is 116 Å². The van der Waals surface area contributed by atoms with Crippen molar-refractivity contribution in [3.8, 4) is 0 Å². The van der Waals surface area contributed by atoms with Crippen molar-refractivity contribution in [3.63, 3.8) is 0 Å². The first kappa shape index (κ1) is 13.8. The Hall–Kier alpha value is -1.62. The zero-order valence-corrected chi connectivity index (χ0v) is 11.2. The maximum absolute atomic E-state index is 11.8. The molecule has 102 valence electrons. The molecule has 0 bridgehead atoms. The van der Waals surface area contributed by atoms with E-state index in [0.717, 1.165) is 12.8 Å². The molecule has 0 unspecified atom stereocenters. The van der Waals surface area contributed by atoms with Crippen LogP contribution in [0.5, 0.6) is 0 Å². The van der Waals surface area contributed by atoms with Crippen LogP contribution in [0.15, 0.2) is 18.3 Å². The van der Waals surface area contributed by atoms with Gasteiger partial charge >= 0.3 is 0 Å². The molecule has 1 aliphatic carbocycles. The van der Waals surface area contributed by atoms with Gasteiger partial charge in [-0.2, -0.15) is 0 Å². The van der Waals surface area contributed by atoms with Gasteiger partial charge in [0.15, 0.2) is 0 Å². The van der Waals surface area contributed by atoms with Crippen LogP contribution in [0.25, 0.3) is 0 Å². The van der Waals surface area contributed by atoms with Gasteiger partial charge in [-0.05, 0) is 31.4 Å². The van der Waals surface area contributed by atoms with Crippen LogP contribution in [0.4, 0.5) is 0 Å². The minimum atomic E-state index is -0.263. The maximum Gasteiger partial charge on any atom is 0.254 e. The quantitative estimate of drug-likeness (QED) is 0.613. The van der Waals surface area contributed by atoms with Gasteiger partial charge in [0.2, 0.25) is 5.91 Å². The van der Waals surface area contributed by atoms with E-state index in [4.69, 9.17) is 11.6 Å². The molecule has 0 atom stereocenters. The first-order chi connectivity index (χ1) is 9.16. The van der Waals surface area contributed by atoms with Crippen LogP contribution >= 0.6 is 11.6 Å². The van der Waals surface area contributed by atoms with Crippen molar-refractivity contribution in [3.05, 3.63) is 29.0 Å². The number of rotatable bonds is 6. The highest BCUT2D eigenvalue weighted by Crippen LogP contribution is 2.18. The van der Waals surface area contributed by atoms with E-state index >= 15 is 0 Å². The highest BCUT2D eigenvalue weighted by Gasteiger charge is 2.22. The fourth-order valence-electron chi connectivity index (χ4n) is 1.63. The number of hydrogen-bond acceptors (Lipinski definition) is 3. The van der Waals surface area contributed by atoms with E-state index in [2.05, 4.69) is 15.6 Å². The van der Waals surface area contributed by atoms with Crippen molar-refractivity contribution >= 4 is 23.4 Å². The van der Waals surface area contributed by atoms with Gasteiger partial charge < -0.3 is 10.6 Å². The van der Waals surface area contributed by atoms with Crippen LogP contribution < -0.4 is 10.6 Å². The minimum absolute atomic E-state index is 0.0520. The number of amides is 2. The van der Waals surface area contributed by atoms with E-state index in [1.165, 1.54) is 6.20 Å². The number of hydrogen-bond donors (Lipinski definition) is 2. The number of nitrogens with zero attached hydrogens (tertiary/aromatic N) is 1. The van der Waals surface area contributed by atoms with Crippen LogP contribution in [0.3, 0.4) is 0 Å². The van der Waals surface area contributed by atoms with Crippen LogP contribution in [0.1, 0.15) is 36.0 Å². The summed E-state index contributed by atoms with van der Waals surface area (Å²) in [5.41, 5.74) is 0.353. The highest BCUT2D eigenvalue weighted by molar-refractivity contribution is 6.32. The molecule has 2 amide bonds. The zero-order valence-electron chi connectivity index (χ0n) is 10.5. The summed E-state index contributed by atoms with van der Waals surface area (Å²) in [6.45, 7) is 0.447. The molecule has 1 fully saturated rings. The summed E-state index contributed by atoms with van der Waals surface area (Å²) in [6.07, 6.45) is 4.74. The van der Waals surface area contributed by atoms with Gasteiger partial charge in [-0.1, -0.05) is 11.6 Å². The summed E-state index contributed by atoms with van der Waals surface area (Å²) < 4.78 is 0. The SMILES string of the molecule is O=C(CCCNC(=O)c1cccnc1Cl)NC1CC1. The molecule has 0 spiro atoms. The summed E-state index contributed by atoms with van der Waals surface area (Å²) >= 11 is 5.81. The molecule has 6 heteroatoms. The molecule has 1 heterocycles. The summed E-state index contributed by atoms with van der Waals surface area (Å²) in [6, 6.07) is 3.66. The smallest absolute Gasteiger partial charge is 0.254 e. The molecule has 5 nitrogen and oxygen atoms in total. The second-order valence-electron chi connectivity index (χ2n) is 4.54.